The highest BCUT2D eigenvalue weighted by Gasteiger charge is 2.11. The van der Waals surface area contributed by atoms with Crippen LogP contribution in [0.3, 0.4) is 0 Å². The van der Waals surface area contributed by atoms with E-state index in [4.69, 9.17) is 4.74 Å². The summed E-state index contributed by atoms with van der Waals surface area (Å²) < 4.78 is 4.84. The average molecular weight is 302 g/mol. The van der Waals surface area contributed by atoms with E-state index in [-0.39, 0.29) is 11.9 Å². The highest BCUT2D eigenvalue weighted by atomic mass is 16.5. The van der Waals surface area contributed by atoms with Crippen LogP contribution in [-0.2, 0) is 9.53 Å². The summed E-state index contributed by atoms with van der Waals surface area (Å²) in [7, 11) is 0. The Morgan fingerprint density at radius 2 is 2.00 bits per heavy atom. The molecule has 1 aromatic heterocycles. The van der Waals surface area contributed by atoms with Gasteiger partial charge in [-0.3, -0.25) is 9.59 Å². The Morgan fingerprint density at radius 1 is 1.23 bits per heavy atom. The normalized spacial score (nSPS) is 10.7. The van der Waals surface area contributed by atoms with Crippen molar-refractivity contribution in [1.29, 1.82) is 0 Å². The summed E-state index contributed by atoms with van der Waals surface area (Å²) in [5, 5.41) is 3.87. The first-order valence-electron chi connectivity index (χ1n) is 7.55. The fourth-order valence-corrected chi connectivity index (χ4v) is 2.48. The van der Waals surface area contributed by atoms with E-state index in [0.717, 1.165) is 22.0 Å². The van der Waals surface area contributed by atoms with E-state index in [1.54, 1.807) is 6.92 Å². The van der Waals surface area contributed by atoms with Gasteiger partial charge in [0, 0.05) is 23.9 Å². The van der Waals surface area contributed by atoms with Gasteiger partial charge in [0.2, 0.25) is 0 Å². The van der Waals surface area contributed by atoms with Crippen molar-refractivity contribution in [2.75, 3.05) is 13.2 Å². The second-order valence-electron chi connectivity index (χ2n) is 5.39. The highest BCUT2D eigenvalue weighted by molar-refractivity contribution is 5.99. The third-order valence-corrected chi connectivity index (χ3v) is 3.48. The molecule has 0 bridgehead atoms. The van der Waals surface area contributed by atoms with E-state index in [1.807, 2.05) is 26.0 Å². The smallest absolute Gasteiger partial charge is 0.305 e. The number of nitrogens with one attached hydrogen (secondary N) is 2. The molecule has 0 saturated heterocycles. The molecule has 2 rings (SSSR count). The van der Waals surface area contributed by atoms with Crippen molar-refractivity contribution >= 4 is 22.8 Å². The standard InChI is InChI=1S/C17H22N2O3/c1-4-22-16(20)6-5-7-18-17(21)15-10-13-12(3)8-11(2)9-14(13)19-15/h8-10,19H,4-7H2,1-3H3,(H,18,21). The third-order valence-electron chi connectivity index (χ3n) is 3.48. The molecule has 2 aromatic rings. The van der Waals surface area contributed by atoms with Crippen LogP contribution in [0.4, 0.5) is 0 Å². The van der Waals surface area contributed by atoms with Gasteiger partial charge < -0.3 is 15.0 Å². The van der Waals surface area contributed by atoms with E-state index in [2.05, 4.69) is 16.4 Å². The maximum atomic E-state index is 12.1. The lowest BCUT2D eigenvalue weighted by Crippen LogP contribution is -2.25. The number of ether oxygens (including phenoxy) is 1. The summed E-state index contributed by atoms with van der Waals surface area (Å²) >= 11 is 0. The molecule has 0 aliphatic heterocycles. The largest absolute Gasteiger partial charge is 0.466 e. The Labute approximate surface area is 130 Å². The van der Waals surface area contributed by atoms with Crippen LogP contribution in [0.1, 0.15) is 41.4 Å². The van der Waals surface area contributed by atoms with Crippen LogP contribution in [0, 0.1) is 13.8 Å². The summed E-state index contributed by atoms with van der Waals surface area (Å²) in [6, 6.07) is 5.99. The maximum absolute atomic E-state index is 12.1. The van der Waals surface area contributed by atoms with Crippen LogP contribution in [0.5, 0.6) is 0 Å². The lowest BCUT2D eigenvalue weighted by Gasteiger charge is -2.03. The maximum Gasteiger partial charge on any atom is 0.305 e. The first-order chi connectivity index (χ1) is 10.5. The number of aromatic amines is 1. The van der Waals surface area contributed by atoms with Gasteiger partial charge in [-0.2, -0.15) is 0 Å². The number of carbonyl (C=O) groups is 2. The number of hydrogen-bond acceptors (Lipinski definition) is 3. The predicted octanol–water partition coefficient (Wildman–Crippen LogP) is 2.86. The summed E-state index contributed by atoms with van der Waals surface area (Å²) in [5.74, 6) is -0.384. The lowest BCUT2D eigenvalue weighted by atomic mass is 10.1. The van der Waals surface area contributed by atoms with Crippen LogP contribution >= 0.6 is 0 Å². The first-order valence-corrected chi connectivity index (χ1v) is 7.55. The third kappa shape index (κ3) is 3.87. The number of fused-ring (bicyclic) bond motifs is 1. The minimum Gasteiger partial charge on any atom is -0.466 e. The van der Waals surface area contributed by atoms with Crippen molar-refractivity contribution in [2.24, 2.45) is 0 Å². The first kappa shape index (κ1) is 16.1. The van der Waals surface area contributed by atoms with Crippen molar-refractivity contribution in [3.8, 4) is 0 Å². The number of rotatable bonds is 6. The fourth-order valence-electron chi connectivity index (χ4n) is 2.48. The van der Waals surface area contributed by atoms with Gasteiger partial charge in [0.05, 0.1) is 6.61 Å². The van der Waals surface area contributed by atoms with Gasteiger partial charge in [-0.05, 0) is 50.5 Å². The summed E-state index contributed by atoms with van der Waals surface area (Å²) in [6.07, 6.45) is 0.891. The van der Waals surface area contributed by atoms with Gasteiger partial charge in [0.25, 0.3) is 5.91 Å². The Hall–Kier alpha value is -2.30. The Morgan fingerprint density at radius 3 is 2.73 bits per heavy atom. The Balaban J connectivity index is 1.93. The molecule has 1 heterocycles. The second-order valence-corrected chi connectivity index (χ2v) is 5.39. The Bertz CT molecular complexity index is 689. The zero-order valence-corrected chi connectivity index (χ0v) is 13.3. The Kier molecular flexibility index (Phi) is 5.20. The molecule has 1 aromatic carbocycles. The number of hydrogen-bond donors (Lipinski definition) is 2. The number of benzene rings is 1. The van der Waals surface area contributed by atoms with Crippen LogP contribution in [0.25, 0.3) is 10.9 Å². The molecule has 0 fully saturated rings. The van der Waals surface area contributed by atoms with Crippen molar-refractivity contribution in [3.63, 3.8) is 0 Å². The molecular weight excluding hydrogens is 280 g/mol. The van der Waals surface area contributed by atoms with Gasteiger partial charge in [0.1, 0.15) is 5.69 Å². The monoisotopic (exact) mass is 302 g/mol. The van der Waals surface area contributed by atoms with Crippen LogP contribution in [-0.4, -0.2) is 30.0 Å². The minimum absolute atomic E-state index is 0.155. The average Bonchev–Trinajstić information content (AvgIpc) is 2.88. The molecule has 0 atom stereocenters. The van der Waals surface area contributed by atoms with Crippen LogP contribution in [0.15, 0.2) is 18.2 Å². The SMILES string of the molecule is CCOC(=O)CCCNC(=O)c1cc2c(C)cc(C)cc2[nH]1. The zero-order valence-electron chi connectivity index (χ0n) is 13.3. The number of esters is 1. The van der Waals surface area contributed by atoms with Crippen molar-refractivity contribution < 1.29 is 14.3 Å². The highest BCUT2D eigenvalue weighted by Crippen LogP contribution is 2.21. The number of H-pyrrole nitrogens is 1. The fraction of sp³-hybridized carbons (Fsp3) is 0.412. The molecule has 0 spiro atoms. The van der Waals surface area contributed by atoms with Crippen molar-refractivity contribution in [2.45, 2.75) is 33.6 Å². The molecule has 0 aliphatic rings. The molecule has 22 heavy (non-hydrogen) atoms. The second kappa shape index (κ2) is 7.11. The van der Waals surface area contributed by atoms with Crippen LogP contribution in [0.2, 0.25) is 0 Å². The molecule has 0 saturated carbocycles. The molecule has 5 heteroatoms. The molecule has 5 nitrogen and oxygen atoms in total. The topological polar surface area (TPSA) is 71.2 Å². The molecule has 118 valence electrons. The molecule has 0 unspecified atom stereocenters. The summed E-state index contributed by atoms with van der Waals surface area (Å²) in [4.78, 5) is 26.5. The number of aryl methyl sites for hydroxylation is 2. The van der Waals surface area contributed by atoms with E-state index in [0.29, 0.717) is 31.7 Å². The molecule has 0 aliphatic carbocycles. The summed E-state index contributed by atoms with van der Waals surface area (Å²) in [5.41, 5.74) is 3.81. The lowest BCUT2D eigenvalue weighted by molar-refractivity contribution is -0.143. The van der Waals surface area contributed by atoms with Gasteiger partial charge in [-0.25, -0.2) is 0 Å². The number of aromatic nitrogens is 1. The zero-order chi connectivity index (χ0) is 16.1. The quantitative estimate of drug-likeness (QED) is 0.636. The van der Waals surface area contributed by atoms with E-state index >= 15 is 0 Å². The number of carbonyl (C=O) groups excluding carboxylic acids is 2. The molecule has 1 amide bonds. The molecular formula is C17H22N2O3. The van der Waals surface area contributed by atoms with Crippen molar-refractivity contribution in [1.82, 2.24) is 10.3 Å². The van der Waals surface area contributed by atoms with E-state index in [1.165, 1.54) is 0 Å². The van der Waals surface area contributed by atoms with Crippen molar-refractivity contribution in [3.05, 3.63) is 35.0 Å². The summed E-state index contributed by atoms with van der Waals surface area (Å²) in [6.45, 7) is 6.68. The van der Waals surface area contributed by atoms with Crippen LogP contribution < -0.4 is 5.32 Å². The molecule has 2 N–H and O–H groups in total. The number of amides is 1. The van der Waals surface area contributed by atoms with E-state index < -0.39 is 0 Å². The van der Waals surface area contributed by atoms with E-state index in [9.17, 15) is 9.59 Å². The van der Waals surface area contributed by atoms with Gasteiger partial charge in [-0.1, -0.05) is 6.07 Å². The minimum atomic E-state index is -0.228. The predicted molar refractivity (Wildman–Crippen MR) is 86.0 cm³/mol. The van der Waals surface area contributed by atoms with Gasteiger partial charge in [0.15, 0.2) is 0 Å². The molecule has 0 radical (unpaired) electrons. The van der Waals surface area contributed by atoms with Gasteiger partial charge in [-0.15, -0.1) is 0 Å². The van der Waals surface area contributed by atoms with Gasteiger partial charge >= 0.3 is 5.97 Å².